The Hall–Kier alpha value is -3.07. The summed E-state index contributed by atoms with van der Waals surface area (Å²) in [6.07, 6.45) is 5.41. The lowest BCUT2D eigenvalue weighted by Crippen LogP contribution is -2.01. The molecule has 0 saturated carbocycles. The van der Waals surface area contributed by atoms with Gasteiger partial charge in [-0.1, -0.05) is 0 Å². The van der Waals surface area contributed by atoms with Crippen LogP contribution >= 0.6 is 15.9 Å². The van der Waals surface area contributed by atoms with Crippen molar-refractivity contribution >= 4 is 27.6 Å². The molecule has 0 radical (unpaired) electrons. The van der Waals surface area contributed by atoms with Gasteiger partial charge in [-0.25, -0.2) is 19.6 Å². The highest BCUT2D eigenvalue weighted by Gasteiger charge is 2.10. The van der Waals surface area contributed by atoms with Crippen molar-refractivity contribution in [2.24, 2.45) is 7.05 Å². The quantitative estimate of drug-likeness (QED) is 0.538. The van der Waals surface area contributed by atoms with Crippen LogP contribution in [0.2, 0.25) is 0 Å². The van der Waals surface area contributed by atoms with E-state index in [-0.39, 0.29) is 0 Å². The molecule has 9 heteroatoms. The predicted octanol–water partition coefficient (Wildman–Crippen LogP) is 3.58. The van der Waals surface area contributed by atoms with Crippen LogP contribution in [-0.2, 0) is 7.05 Å². The summed E-state index contributed by atoms with van der Waals surface area (Å²) in [7, 11) is 1.87. The first-order valence-electron chi connectivity index (χ1n) is 8.29. The molecule has 0 atom stereocenters. The molecule has 1 N–H and O–H groups in total. The Morgan fingerprint density at radius 1 is 1.04 bits per heavy atom. The van der Waals surface area contributed by atoms with Crippen LogP contribution in [0, 0.1) is 13.8 Å². The van der Waals surface area contributed by atoms with Crippen LogP contribution in [0.15, 0.2) is 47.3 Å². The second-order valence-electron chi connectivity index (χ2n) is 6.08. The number of benzene rings is 1. The largest absolute Gasteiger partial charge is 0.324 e. The van der Waals surface area contributed by atoms with Gasteiger partial charge in [-0.3, -0.25) is 4.68 Å². The van der Waals surface area contributed by atoms with Crippen LogP contribution in [0.3, 0.4) is 0 Å². The fourth-order valence-electron chi connectivity index (χ4n) is 2.75. The first kappa shape index (κ1) is 17.3. The first-order chi connectivity index (χ1) is 13.0. The van der Waals surface area contributed by atoms with E-state index in [4.69, 9.17) is 0 Å². The predicted molar refractivity (Wildman–Crippen MR) is 106 cm³/mol. The van der Waals surface area contributed by atoms with Crippen molar-refractivity contribution in [3.05, 3.63) is 59.0 Å². The average Bonchev–Trinajstić information content (AvgIpc) is 3.22. The minimum Gasteiger partial charge on any atom is -0.324 e. The lowest BCUT2D eigenvalue weighted by atomic mass is 10.2. The average molecular weight is 425 g/mol. The van der Waals surface area contributed by atoms with Gasteiger partial charge in [-0.15, -0.1) is 0 Å². The molecule has 0 aliphatic carbocycles. The van der Waals surface area contributed by atoms with E-state index in [1.807, 2.05) is 56.0 Å². The Morgan fingerprint density at radius 2 is 1.81 bits per heavy atom. The minimum absolute atomic E-state index is 0.512. The zero-order valence-electron chi connectivity index (χ0n) is 15.0. The topological polar surface area (TPSA) is 86.3 Å². The third-order valence-electron chi connectivity index (χ3n) is 3.97. The number of anilines is 2. The maximum atomic E-state index is 4.60. The Labute approximate surface area is 164 Å². The van der Waals surface area contributed by atoms with Crippen molar-refractivity contribution in [1.82, 2.24) is 34.5 Å². The molecule has 0 bridgehead atoms. The number of aromatic nitrogens is 7. The normalized spacial score (nSPS) is 11.0. The number of nitrogens with zero attached hydrogens (tertiary/aromatic N) is 7. The number of rotatable bonds is 4. The molecule has 0 fully saturated rings. The lowest BCUT2D eigenvalue weighted by Gasteiger charge is -2.09. The smallest absolute Gasteiger partial charge is 0.227 e. The van der Waals surface area contributed by atoms with Gasteiger partial charge >= 0.3 is 0 Å². The second kappa shape index (κ2) is 6.92. The van der Waals surface area contributed by atoms with Crippen LogP contribution < -0.4 is 5.32 Å². The van der Waals surface area contributed by atoms with Gasteiger partial charge in [0.05, 0.1) is 22.1 Å². The van der Waals surface area contributed by atoms with E-state index in [0.717, 1.165) is 38.8 Å². The van der Waals surface area contributed by atoms with E-state index in [9.17, 15) is 0 Å². The standard InChI is InChI=1S/C18H17BrN8/c1-11-22-12(2)27(25-11)15-6-4-14(5-7-15)23-18-20-9-16(19)17(24-18)13-8-21-26(3)10-13/h4-10H,1-3H3,(H,20,23,24). The summed E-state index contributed by atoms with van der Waals surface area (Å²) in [6.45, 7) is 3.81. The highest BCUT2D eigenvalue weighted by atomic mass is 79.9. The molecule has 0 unspecified atom stereocenters. The molecule has 8 nitrogen and oxygen atoms in total. The number of hydrogen-bond donors (Lipinski definition) is 1. The van der Waals surface area contributed by atoms with Crippen LogP contribution in [0.25, 0.3) is 16.9 Å². The molecule has 3 aromatic heterocycles. The highest BCUT2D eigenvalue weighted by Crippen LogP contribution is 2.27. The Kier molecular flexibility index (Phi) is 4.44. The zero-order valence-corrected chi connectivity index (χ0v) is 16.6. The third-order valence-corrected chi connectivity index (χ3v) is 4.55. The number of hydrogen-bond acceptors (Lipinski definition) is 6. The van der Waals surface area contributed by atoms with E-state index >= 15 is 0 Å². The lowest BCUT2D eigenvalue weighted by molar-refractivity contribution is 0.768. The van der Waals surface area contributed by atoms with Crippen molar-refractivity contribution < 1.29 is 0 Å². The zero-order chi connectivity index (χ0) is 19.0. The monoisotopic (exact) mass is 424 g/mol. The maximum Gasteiger partial charge on any atom is 0.227 e. The number of aryl methyl sites for hydroxylation is 3. The molecule has 3 heterocycles. The van der Waals surface area contributed by atoms with Crippen molar-refractivity contribution in [2.75, 3.05) is 5.32 Å². The number of halogens is 1. The second-order valence-corrected chi connectivity index (χ2v) is 6.94. The van der Waals surface area contributed by atoms with Gasteiger partial charge < -0.3 is 5.32 Å². The molecule has 0 saturated heterocycles. The van der Waals surface area contributed by atoms with Crippen LogP contribution in [0.5, 0.6) is 0 Å². The highest BCUT2D eigenvalue weighted by molar-refractivity contribution is 9.10. The molecule has 4 rings (SSSR count). The summed E-state index contributed by atoms with van der Waals surface area (Å²) < 4.78 is 4.37. The Balaban J connectivity index is 1.58. The molecule has 4 aromatic rings. The summed E-state index contributed by atoms with van der Waals surface area (Å²) >= 11 is 3.50. The minimum atomic E-state index is 0.512. The van der Waals surface area contributed by atoms with Gasteiger partial charge in [0.25, 0.3) is 0 Å². The molecular formula is C18H17BrN8. The van der Waals surface area contributed by atoms with Crippen LogP contribution in [0.1, 0.15) is 11.6 Å². The van der Waals surface area contributed by atoms with Crippen LogP contribution in [-0.4, -0.2) is 34.5 Å². The summed E-state index contributed by atoms with van der Waals surface area (Å²) in [4.78, 5) is 13.3. The summed E-state index contributed by atoms with van der Waals surface area (Å²) in [5.74, 6) is 2.11. The maximum absolute atomic E-state index is 4.60. The van der Waals surface area contributed by atoms with E-state index in [1.165, 1.54) is 0 Å². The number of nitrogens with one attached hydrogen (secondary N) is 1. The van der Waals surface area contributed by atoms with Crippen molar-refractivity contribution in [3.8, 4) is 16.9 Å². The molecule has 0 spiro atoms. The Bertz CT molecular complexity index is 1100. The van der Waals surface area contributed by atoms with E-state index in [0.29, 0.717) is 5.95 Å². The fraction of sp³-hybridized carbons (Fsp3) is 0.167. The fourth-order valence-corrected chi connectivity index (χ4v) is 3.17. The molecule has 0 aliphatic heterocycles. The molecular weight excluding hydrogens is 408 g/mol. The SMILES string of the molecule is Cc1nc(C)n(-c2ccc(Nc3ncc(Br)c(-c4cnn(C)c4)n3)cc2)n1. The van der Waals surface area contributed by atoms with Gasteiger partial charge in [0, 0.05) is 30.7 Å². The van der Waals surface area contributed by atoms with Gasteiger partial charge in [0.2, 0.25) is 5.95 Å². The Morgan fingerprint density at radius 3 is 2.44 bits per heavy atom. The van der Waals surface area contributed by atoms with Gasteiger partial charge in [0.15, 0.2) is 0 Å². The summed E-state index contributed by atoms with van der Waals surface area (Å²) in [5, 5.41) is 11.8. The van der Waals surface area contributed by atoms with E-state index in [2.05, 4.69) is 46.4 Å². The van der Waals surface area contributed by atoms with Crippen molar-refractivity contribution in [1.29, 1.82) is 0 Å². The van der Waals surface area contributed by atoms with Gasteiger partial charge in [-0.2, -0.15) is 10.2 Å². The summed E-state index contributed by atoms with van der Waals surface area (Å²) in [5.41, 5.74) is 3.53. The first-order valence-corrected chi connectivity index (χ1v) is 9.08. The molecule has 0 amide bonds. The van der Waals surface area contributed by atoms with E-state index < -0.39 is 0 Å². The molecule has 0 aliphatic rings. The molecule has 1 aromatic carbocycles. The van der Waals surface area contributed by atoms with E-state index in [1.54, 1.807) is 17.1 Å². The van der Waals surface area contributed by atoms with Crippen molar-refractivity contribution in [2.45, 2.75) is 13.8 Å². The molecule has 27 heavy (non-hydrogen) atoms. The summed E-state index contributed by atoms with van der Waals surface area (Å²) in [6, 6.07) is 7.87. The molecule has 136 valence electrons. The third kappa shape index (κ3) is 3.59. The van der Waals surface area contributed by atoms with Gasteiger partial charge in [0.1, 0.15) is 11.6 Å². The van der Waals surface area contributed by atoms with Gasteiger partial charge in [-0.05, 0) is 54.0 Å². The van der Waals surface area contributed by atoms with Crippen molar-refractivity contribution in [3.63, 3.8) is 0 Å². The van der Waals surface area contributed by atoms with Crippen LogP contribution in [0.4, 0.5) is 11.6 Å².